The van der Waals surface area contributed by atoms with Gasteiger partial charge in [0.2, 0.25) is 5.91 Å². The minimum absolute atomic E-state index is 0.203. The summed E-state index contributed by atoms with van der Waals surface area (Å²) in [6, 6.07) is 6.60. The van der Waals surface area contributed by atoms with Crippen molar-refractivity contribution in [2.24, 2.45) is 0 Å². The zero-order chi connectivity index (χ0) is 20.4. The Balaban J connectivity index is 1.75. The third kappa shape index (κ3) is 4.19. The van der Waals surface area contributed by atoms with Crippen LogP contribution in [0.5, 0.6) is 0 Å². The summed E-state index contributed by atoms with van der Waals surface area (Å²) in [4.78, 5) is 12.8. The second-order valence-corrected chi connectivity index (χ2v) is 7.63. The number of nitrogens with one attached hydrogen (secondary N) is 1. The summed E-state index contributed by atoms with van der Waals surface area (Å²) in [7, 11) is 0. The lowest BCUT2D eigenvalue weighted by Crippen LogP contribution is -2.27. The first kappa shape index (κ1) is 20.7. The van der Waals surface area contributed by atoms with Crippen molar-refractivity contribution in [3.05, 3.63) is 62.5 Å². The molecule has 0 saturated heterocycles. The Labute approximate surface area is 178 Å². The van der Waals surface area contributed by atoms with Crippen LogP contribution in [0.1, 0.15) is 36.3 Å². The normalized spacial score (nSPS) is 12.2. The van der Waals surface area contributed by atoms with Crippen LogP contribution in [0.4, 0.5) is 5.82 Å². The average molecular weight is 441 g/mol. The third-order valence-corrected chi connectivity index (χ3v) is 5.75. The maximum Gasteiger partial charge on any atom is 0.250 e. The van der Waals surface area contributed by atoms with Crippen molar-refractivity contribution >= 4 is 46.5 Å². The highest BCUT2D eigenvalue weighted by Gasteiger charge is 2.24. The first-order valence-electron chi connectivity index (χ1n) is 8.80. The molecule has 3 aromatic rings. The molecular formula is C19H20Cl3N5O. The highest BCUT2D eigenvalue weighted by molar-refractivity contribution is 6.36. The standard InChI is InChI=1S/C19H20Cl3N5O/c1-4-16(27-12(3)18(22)11(2)24-27)19(28)23-17-8-9-26(25-17)10-13-14(20)6-5-7-15(13)21/h5-9,16H,4,10H2,1-3H3,(H,23,25,28). The Morgan fingerprint density at radius 2 is 1.82 bits per heavy atom. The molecule has 6 nitrogen and oxygen atoms in total. The average Bonchev–Trinajstić information content (AvgIpc) is 3.19. The Bertz CT molecular complexity index is 991. The summed E-state index contributed by atoms with van der Waals surface area (Å²) in [6.07, 6.45) is 2.33. The van der Waals surface area contributed by atoms with Gasteiger partial charge in [0, 0.05) is 27.9 Å². The van der Waals surface area contributed by atoms with Crippen LogP contribution >= 0.6 is 34.8 Å². The zero-order valence-electron chi connectivity index (χ0n) is 15.7. The van der Waals surface area contributed by atoms with E-state index in [9.17, 15) is 4.79 Å². The monoisotopic (exact) mass is 439 g/mol. The molecule has 0 bridgehead atoms. The summed E-state index contributed by atoms with van der Waals surface area (Å²) in [5, 5.41) is 13.3. The number of hydrogen-bond acceptors (Lipinski definition) is 3. The van der Waals surface area contributed by atoms with Gasteiger partial charge in [-0.25, -0.2) is 0 Å². The Kier molecular flexibility index (Phi) is 6.33. The lowest BCUT2D eigenvalue weighted by atomic mass is 10.2. The van der Waals surface area contributed by atoms with Crippen molar-refractivity contribution in [1.29, 1.82) is 0 Å². The second kappa shape index (κ2) is 8.55. The summed E-state index contributed by atoms with van der Waals surface area (Å²) >= 11 is 18.6. The highest BCUT2D eigenvalue weighted by atomic mass is 35.5. The maximum absolute atomic E-state index is 12.8. The fourth-order valence-corrected chi connectivity index (χ4v) is 3.63. The fourth-order valence-electron chi connectivity index (χ4n) is 2.99. The van der Waals surface area contributed by atoms with Gasteiger partial charge in [0.25, 0.3) is 0 Å². The number of aromatic nitrogens is 4. The first-order valence-corrected chi connectivity index (χ1v) is 9.93. The predicted molar refractivity (Wildman–Crippen MR) is 112 cm³/mol. The van der Waals surface area contributed by atoms with Crippen molar-refractivity contribution in [2.75, 3.05) is 5.32 Å². The molecule has 0 saturated carbocycles. The molecule has 1 aromatic carbocycles. The molecule has 3 rings (SSSR count). The molecule has 1 amide bonds. The van der Waals surface area contributed by atoms with Crippen molar-refractivity contribution < 1.29 is 4.79 Å². The van der Waals surface area contributed by atoms with Gasteiger partial charge < -0.3 is 5.32 Å². The molecule has 0 aliphatic rings. The van der Waals surface area contributed by atoms with Crippen LogP contribution < -0.4 is 5.32 Å². The highest BCUT2D eigenvalue weighted by Crippen LogP contribution is 2.26. The van der Waals surface area contributed by atoms with Crippen LogP contribution in [-0.2, 0) is 11.3 Å². The molecule has 0 aliphatic heterocycles. The van der Waals surface area contributed by atoms with Gasteiger partial charge in [-0.2, -0.15) is 10.2 Å². The molecule has 2 aromatic heterocycles. The molecule has 148 valence electrons. The largest absolute Gasteiger partial charge is 0.307 e. The SMILES string of the molecule is CCC(C(=O)Nc1ccn(Cc2c(Cl)cccc2Cl)n1)n1nc(C)c(Cl)c1C. The van der Waals surface area contributed by atoms with E-state index in [1.807, 2.05) is 20.8 Å². The van der Waals surface area contributed by atoms with Crippen LogP contribution in [0.3, 0.4) is 0 Å². The summed E-state index contributed by atoms with van der Waals surface area (Å²) in [5.41, 5.74) is 2.24. The number of carbonyl (C=O) groups is 1. The lowest BCUT2D eigenvalue weighted by Gasteiger charge is -2.16. The maximum atomic E-state index is 12.8. The fraction of sp³-hybridized carbons (Fsp3) is 0.316. The van der Waals surface area contributed by atoms with Crippen LogP contribution in [-0.4, -0.2) is 25.5 Å². The number of carbonyl (C=O) groups excluding carboxylic acids is 1. The molecule has 0 spiro atoms. The first-order chi connectivity index (χ1) is 13.3. The van der Waals surface area contributed by atoms with Gasteiger partial charge in [0.1, 0.15) is 6.04 Å². The number of amides is 1. The molecule has 1 unspecified atom stereocenters. The Hall–Kier alpha value is -2.02. The van der Waals surface area contributed by atoms with Gasteiger partial charge in [-0.15, -0.1) is 0 Å². The summed E-state index contributed by atoms with van der Waals surface area (Å²) < 4.78 is 3.33. The van der Waals surface area contributed by atoms with Gasteiger partial charge in [0.15, 0.2) is 5.82 Å². The van der Waals surface area contributed by atoms with Gasteiger partial charge in [0.05, 0.1) is 23.0 Å². The molecule has 9 heteroatoms. The number of rotatable bonds is 6. The van der Waals surface area contributed by atoms with E-state index in [0.29, 0.717) is 39.5 Å². The second-order valence-electron chi connectivity index (χ2n) is 6.44. The van der Waals surface area contributed by atoms with Crippen molar-refractivity contribution in [2.45, 2.75) is 39.8 Å². The lowest BCUT2D eigenvalue weighted by molar-refractivity contribution is -0.119. The van der Waals surface area contributed by atoms with E-state index in [1.54, 1.807) is 39.8 Å². The number of benzene rings is 1. The summed E-state index contributed by atoms with van der Waals surface area (Å²) in [5.74, 6) is 0.241. The van der Waals surface area contributed by atoms with E-state index in [0.717, 1.165) is 11.3 Å². The van der Waals surface area contributed by atoms with Crippen LogP contribution in [0.25, 0.3) is 0 Å². The number of aryl methyl sites for hydroxylation is 1. The molecular weight excluding hydrogens is 421 g/mol. The minimum Gasteiger partial charge on any atom is -0.307 e. The van der Waals surface area contributed by atoms with Crippen LogP contribution in [0, 0.1) is 13.8 Å². The number of hydrogen-bond donors (Lipinski definition) is 1. The molecule has 2 heterocycles. The molecule has 0 radical (unpaired) electrons. The van der Waals surface area contributed by atoms with E-state index in [4.69, 9.17) is 34.8 Å². The van der Waals surface area contributed by atoms with Gasteiger partial charge >= 0.3 is 0 Å². The van der Waals surface area contributed by atoms with E-state index in [1.165, 1.54) is 0 Å². The van der Waals surface area contributed by atoms with Crippen molar-refractivity contribution in [3.8, 4) is 0 Å². The van der Waals surface area contributed by atoms with Gasteiger partial charge in [-0.1, -0.05) is 47.8 Å². The third-order valence-electron chi connectivity index (χ3n) is 4.49. The number of nitrogens with zero attached hydrogens (tertiary/aromatic N) is 4. The molecule has 28 heavy (non-hydrogen) atoms. The molecule has 1 N–H and O–H groups in total. The van der Waals surface area contributed by atoms with Crippen molar-refractivity contribution in [3.63, 3.8) is 0 Å². The van der Waals surface area contributed by atoms with Gasteiger partial charge in [-0.05, 0) is 32.4 Å². The van der Waals surface area contributed by atoms with E-state index in [-0.39, 0.29) is 5.91 Å². The van der Waals surface area contributed by atoms with Crippen molar-refractivity contribution in [1.82, 2.24) is 19.6 Å². The minimum atomic E-state index is -0.477. The summed E-state index contributed by atoms with van der Waals surface area (Å²) in [6.45, 7) is 5.99. The van der Waals surface area contributed by atoms with Gasteiger partial charge in [-0.3, -0.25) is 14.2 Å². The zero-order valence-corrected chi connectivity index (χ0v) is 18.0. The number of anilines is 1. The molecule has 0 aliphatic carbocycles. The van der Waals surface area contributed by atoms with Crippen LogP contribution in [0.2, 0.25) is 15.1 Å². The molecule has 1 atom stereocenters. The van der Waals surface area contributed by atoms with E-state index < -0.39 is 6.04 Å². The smallest absolute Gasteiger partial charge is 0.250 e. The quantitative estimate of drug-likeness (QED) is 0.566. The predicted octanol–water partition coefficient (Wildman–Crippen LogP) is 5.29. The van der Waals surface area contributed by atoms with E-state index >= 15 is 0 Å². The molecule has 0 fully saturated rings. The Morgan fingerprint density at radius 1 is 1.14 bits per heavy atom. The Morgan fingerprint density at radius 3 is 2.39 bits per heavy atom. The number of halogens is 3. The van der Waals surface area contributed by atoms with E-state index in [2.05, 4.69) is 15.5 Å². The van der Waals surface area contributed by atoms with Crippen LogP contribution in [0.15, 0.2) is 30.5 Å². The topological polar surface area (TPSA) is 64.7 Å².